The van der Waals surface area contributed by atoms with Crippen LogP contribution in [0.5, 0.6) is 5.88 Å². The van der Waals surface area contributed by atoms with Crippen LogP contribution in [0.3, 0.4) is 0 Å². The second-order valence-corrected chi connectivity index (χ2v) is 7.15. The quantitative estimate of drug-likeness (QED) is 0.587. The van der Waals surface area contributed by atoms with Gasteiger partial charge in [0, 0.05) is 23.0 Å². The number of aromatic hydroxyl groups is 1. The third-order valence-electron chi connectivity index (χ3n) is 4.52. The highest BCUT2D eigenvalue weighted by molar-refractivity contribution is 7.13. The molecular weight excluding hydrogens is 334 g/mol. The first-order chi connectivity index (χ1) is 12.0. The summed E-state index contributed by atoms with van der Waals surface area (Å²) < 4.78 is 1.52. The number of hydrogen-bond acceptors (Lipinski definition) is 5. The van der Waals surface area contributed by atoms with Crippen molar-refractivity contribution in [3.05, 3.63) is 51.8 Å². The van der Waals surface area contributed by atoms with Gasteiger partial charge in [0.05, 0.1) is 10.6 Å². The van der Waals surface area contributed by atoms with Gasteiger partial charge in [0.25, 0.3) is 0 Å². The highest BCUT2D eigenvalue weighted by atomic mass is 32.1. The van der Waals surface area contributed by atoms with Crippen LogP contribution in [0, 0.1) is 20.8 Å². The van der Waals surface area contributed by atoms with Gasteiger partial charge in [-0.3, -0.25) is 5.10 Å². The molecule has 0 fully saturated rings. The Hall–Kier alpha value is -2.67. The lowest BCUT2D eigenvalue weighted by molar-refractivity contribution is 0.434. The third kappa shape index (κ3) is 2.70. The van der Waals surface area contributed by atoms with Crippen LogP contribution in [0.1, 0.15) is 28.2 Å². The molecule has 0 saturated carbocycles. The Bertz CT molecular complexity index is 1030. The Labute approximate surface area is 149 Å². The predicted octanol–water partition coefficient (Wildman–Crippen LogP) is 3.60. The summed E-state index contributed by atoms with van der Waals surface area (Å²) in [4.78, 5) is 5.82. The summed E-state index contributed by atoms with van der Waals surface area (Å²) >= 11 is 1.63. The Morgan fingerprint density at radius 2 is 2.08 bits per heavy atom. The summed E-state index contributed by atoms with van der Waals surface area (Å²) in [6, 6.07) is 5.72. The van der Waals surface area contributed by atoms with E-state index in [9.17, 15) is 5.11 Å². The highest BCUT2D eigenvalue weighted by Crippen LogP contribution is 2.30. The van der Waals surface area contributed by atoms with Crippen LogP contribution in [-0.4, -0.2) is 29.9 Å². The standard InChI is InChI=1S/C18H19N5OS/c1-10-17(15-5-4-8-25-15)22-23-16(24)9-13(19-18(10)23)6-7-14-11(2)20-21-12(14)3/h4-5,8-9,24H,6-7H2,1-3H3,(H,20,21). The molecule has 0 atom stereocenters. The van der Waals surface area contributed by atoms with E-state index in [1.807, 2.05) is 38.3 Å². The van der Waals surface area contributed by atoms with E-state index in [1.54, 1.807) is 17.4 Å². The molecule has 25 heavy (non-hydrogen) atoms. The van der Waals surface area contributed by atoms with Crippen molar-refractivity contribution >= 4 is 17.0 Å². The second-order valence-electron chi connectivity index (χ2n) is 6.20. The van der Waals surface area contributed by atoms with Crippen LogP contribution in [0.15, 0.2) is 23.6 Å². The molecule has 0 spiro atoms. The summed E-state index contributed by atoms with van der Waals surface area (Å²) in [5.41, 5.74) is 6.73. The van der Waals surface area contributed by atoms with E-state index in [4.69, 9.17) is 4.98 Å². The van der Waals surface area contributed by atoms with Crippen molar-refractivity contribution < 1.29 is 5.11 Å². The number of rotatable bonds is 4. The Morgan fingerprint density at radius 3 is 2.76 bits per heavy atom. The van der Waals surface area contributed by atoms with E-state index in [2.05, 4.69) is 15.3 Å². The van der Waals surface area contributed by atoms with E-state index >= 15 is 0 Å². The zero-order valence-electron chi connectivity index (χ0n) is 14.4. The Kier molecular flexibility index (Phi) is 3.80. The van der Waals surface area contributed by atoms with Gasteiger partial charge < -0.3 is 5.11 Å². The van der Waals surface area contributed by atoms with E-state index < -0.39 is 0 Å². The highest BCUT2D eigenvalue weighted by Gasteiger charge is 2.16. The van der Waals surface area contributed by atoms with Gasteiger partial charge in [0.2, 0.25) is 5.88 Å². The average molecular weight is 353 g/mol. The summed E-state index contributed by atoms with van der Waals surface area (Å²) in [6.07, 6.45) is 1.58. The van der Waals surface area contributed by atoms with Crippen LogP contribution in [0.4, 0.5) is 0 Å². The van der Waals surface area contributed by atoms with E-state index in [1.165, 1.54) is 10.1 Å². The van der Waals surface area contributed by atoms with Crippen LogP contribution in [0.2, 0.25) is 0 Å². The average Bonchev–Trinajstić information content (AvgIpc) is 3.28. The topological polar surface area (TPSA) is 79.1 Å². The van der Waals surface area contributed by atoms with Crippen LogP contribution in [-0.2, 0) is 12.8 Å². The maximum Gasteiger partial charge on any atom is 0.215 e. The molecule has 128 valence electrons. The first-order valence-electron chi connectivity index (χ1n) is 8.17. The maximum absolute atomic E-state index is 10.4. The number of H-pyrrole nitrogens is 1. The molecule has 0 bridgehead atoms. The fourth-order valence-corrected chi connectivity index (χ4v) is 3.89. The smallest absolute Gasteiger partial charge is 0.215 e. The van der Waals surface area contributed by atoms with Crippen LogP contribution in [0.25, 0.3) is 16.2 Å². The summed E-state index contributed by atoms with van der Waals surface area (Å²) in [6.45, 7) is 6.02. The molecule has 2 N–H and O–H groups in total. The number of aromatic amines is 1. The van der Waals surface area contributed by atoms with Crippen molar-refractivity contribution in [2.24, 2.45) is 0 Å². The number of thiophene rings is 1. The SMILES string of the molecule is Cc1n[nH]c(C)c1CCc1cc(O)n2nc(-c3cccs3)c(C)c2n1. The minimum Gasteiger partial charge on any atom is -0.493 e. The van der Waals surface area contributed by atoms with Gasteiger partial charge in [0.15, 0.2) is 5.65 Å². The molecule has 0 amide bonds. The van der Waals surface area contributed by atoms with Gasteiger partial charge in [-0.1, -0.05) is 6.07 Å². The van der Waals surface area contributed by atoms with Crippen molar-refractivity contribution in [1.82, 2.24) is 24.8 Å². The fraction of sp³-hybridized carbons (Fsp3) is 0.278. The van der Waals surface area contributed by atoms with Crippen molar-refractivity contribution in [1.29, 1.82) is 0 Å². The van der Waals surface area contributed by atoms with Crippen molar-refractivity contribution in [2.45, 2.75) is 33.6 Å². The molecule has 4 aromatic heterocycles. The molecule has 7 heteroatoms. The second kappa shape index (κ2) is 6.00. The number of nitrogens with one attached hydrogen (secondary N) is 1. The molecule has 4 rings (SSSR count). The number of nitrogens with zero attached hydrogens (tertiary/aromatic N) is 4. The van der Waals surface area contributed by atoms with Crippen LogP contribution < -0.4 is 0 Å². The fourth-order valence-electron chi connectivity index (χ4n) is 3.13. The summed E-state index contributed by atoms with van der Waals surface area (Å²) in [5, 5.41) is 24.2. The first-order valence-corrected chi connectivity index (χ1v) is 9.05. The zero-order chi connectivity index (χ0) is 17.6. The minimum atomic E-state index is 0.117. The Morgan fingerprint density at radius 1 is 1.24 bits per heavy atom. The van der Waals surface area contributed by atoms with Crippen molar-refractivity contribution in [2.75, 3.05) is 0 Å². The van der Waals surface area contributed by atoms with Crippen molar-refractivity contribution in [3.63, 3.8) is 0 Å². The molecule has 0 saturated heterocycles. The van der Waals surface area contributed by atoms with Gasteiger partial charge in [-0.2, -0.15) is 14.7 Å². The van der Waals surface area contributed by atoms with E-state index in [-0.39, 0.29) is 5.88 Å². The molecule has 0 radical (unpaired) electrons. The number of fused-ring (bicyclic) bond motifs is 1. The predicted molar refractivity (Wildman–Crippen MR) is 98.2 cm³/mol. The van der Waals surface area contributed by atoms with Gasteiger partial charge in [-0.05, 0) is 50.6 Å². The molecule has 0 aromatic carbocycles. The molecule has 4 heterocycles. The molecule has 0 unspecified atom stereocenters. The molecule has 0 aliphatic carbocycles. The third-order valence-corrected chi connectivity index (χ3v) is 5.40. The zero-order valence-corrected chi connectivity index (χ0v) is 15.2. The molecule has 0 aliphatic rings. The molecule has 0 aliphatic heterocycles. The number of hydrogen-bond donors (Lipinski definition) is 2. The largest absolute Gasteiger partial charge is 0.493 e. The lowest BCUT2D eigenvalue weighted by Crippen LogP contribution is -2.00. The van der Waals surface area contributed by atoms with Crippen molar-refractivity contribution in [3.8, 4) is 16.5 Å². The van der Waals surface area contributed by atoms with Gasteiger partial charge >= 0.3 is 0 Å². The maximum atomic E-state index is 10.4. The minimum absolute atomic E-state index is 0.117. The lowest BCUT2D eigenvalue weighted by atomic mass is 10.1. The lowest BCUT2D eigenvalue weighted by Gasteiger charge is -2.04. The van der Waals surface area contributed by atoms with Gasteiger partial charge in [-0.15, -0.1) is 11.3 Å². The molecule has 6 nitrogen and oxygen atoms in total. The summed E-state index contributed by atoms with van der Waals surface area (Å²) in [7, 11) is 0. The summed E-state index contributed by atoms with van der Waals surface area (Å²) in [5.74, 6) is 0.117. The monoisotopic (exact) mass is 353 g/mol. The number of aryl methyl sites for hydroxylation is 4. The Balaban J connectivity index is 1.70. The molecule has 4 aromatic rings. The molecular formula is C18H19N5OS. The first kappa shape index (κ1) is 15.8. The normalized spacial score (nSPS) is 11.5. The number of aromatic nitrogens is 5. The van der Waals surface area contributed by atoms with Gasteiger partial charge in [0.1, 0.15) is 5.69 Å². The van der Waals surface area contributed by atoms with Gasteiger partial charge in [-0.25, -0.2) is 4.98 Å². The van der Waals surface area contributed by atoms with E-state index in [0.717, 1.165) is 46.1 Å². The van der Waals surface area contributed by atoms with E-state index in [0.29, 0.717) is 5.65 Å². The van der Waals surface area contributed by atoms with Crippen LogP contribution >= 0.6 is 11.3 Å².